The Balaban J connectivity index is 1.50. The number of pyridine rings is 1. The Morgan fingerprint density at radius 1 is 0.929 bits per heavy atom. The molecule has 0 aliphatic carbocycles. The van der Waals surface area contributed by atoms with Gasteiger partial charge in [-0.3, -0.25) is 9.59 Å². The Bertz CT molecular complexity index is 1600. The molecule has 4 aromatic rings. The van der Waals surface area contributed by atoms with Gasteiger partial charge in [0, 0.05) is 28.8 Å². The monoisotopic (exact) mass is 581 g/mol. The van der Waals surface area contributed by atoms with Gasteiger partial charge >= 0.3 is 0 Å². The lowest BCUT2D eigenvalue weighted by Gasteiger charge is -2.26. The minimum atomic E-state index is -1.30. The van der Waals surface area contributed by atoms with E-state index >= 15 is 0 Å². The van der Waals surface area contributed by atoms with E-state index in [0.29, 0.717) is 28.3 Å². The highest BCUT2D eigenvalue weighted by Crippen LogP contribution is 2.33. The molecule has 0 saturated carbocycles. The van der Waals surface area contributed by atoms with E-state index in [4.69, 9.17) is 11.6 Å². The minimum absolute atomic E-state index is 0.0590. The topological polar surface area (TPSA) is 59.3 Å². The summed E-state index contributed by atoms with van der Waals surface area (Å²) in [5.41, 5.74) is 3.87. The fourth-order valence-corrected chi connectivity index (χ4v) is 5.43. The summed E-state index contributed by atoms with van der Waals surface area (Å²) in [6.07, 6.45) is 6.82. The highest BCUT2D eigenvalue weighted by molar-refractivity contribution is 6.30. The molecular formula is C37H40ClNO3. The van der Waals surface area contributed by atoms with Crippen LogP contribution in [0.25, 0.3) is 5.57 Å². The van der Waals surface area contributed by atoms with Crippen molar-refractivity contribution in [2.75, 3.05) is 0 Å². The van der Waals surface area contributed by atoms with Crippen LogP contribution < -0.4 is 5.56 Å². The van der Waals surface area contributed by atoms with Crippen LogP contribution in [0.1, 0.15) is 79.6 Å². The molecule has 42 heavy (non-hydrogen) atoms. The molecule has 3 aromatic carbocycles. The number of aromatic nitrogens is 1. The third kappa shape index (κ3) is 7.56. The Kier molecular flexibility index (Phi) is 10.4. The number of Topliss-reactive ketones (excluding diaryl/α,β-unsaturated/α-hetero) is 1. The van der Waals surface area contributed by atoms with Crippen LogP contribution in [0, 0.1) is 11.8 Å². The first-order chi connectivity index (χ1) is 20.1. The number of unbranched alkanes of at least 4 members (excludes halogenated alkanes) is 1. The smallest absolute Gasteiger partial charge is 0.250 e. The molecule has 4 nitrogen and oxygen atoms in total. The number of ketones is 1. The average Bonchev–Trinajstić information content (AvgIpc) is 3.00. The van der Waals surface area contributed by atoms with E-state index in [2.05, 4.69) is 26.0 Å². The second-order valence-corrected chi connectivity index (χ2v) is 11.8. The number of hydrogen-bond acceptors (Lipinski definition) is 3. The van der Waals surface area contributed by atoms with Crippen molar-refractivity contribution in [2.24, 2.45) is 11.8 Å². The molecule has 0 fully saturated rings. The molecule has 218 valence electrons. The van der Waals surface area contributed by atoms with Crippen LogP contribution in [0.2, 0.25) is 5.02 Å². The van der Waals surface area contributed by atoms with Crippen LogP contribution in [0.15, 0.2) is 108 Å². The average molecular weight is 582 g/mol. The molecule has 0 amide bonds. The molecule has 1 aromatic heterocycles. The minimum Gasteiger partial charge on any atom is -0.381 e. The van der Waals surface area contributed by atoms with Gasteiger partial charge in [0.1, 0.15) is 5.60 Å². The van der Waals surface area contributed by atoms with Crippen LogP contribution in [0.5, 0.6) is 0 Å². The van der Waals surface area contributed by atoms with E-state index in [9.17, 15) is 14.7 Å². The molecule has 0 aliphatic rings. The summed E-state index contributed by atoms with van der Waals surface area (Å²) in [4.78, 5) is 25.8. The van der Waals surface area contributed by atoms with Gasteiger partial charge in [0.05, 0.1) is 6.54 Å². The summed E-state index contributed by atoms with van der Waals surface area (Å²) >= 11 is 6.28. The van der Waals surface area contributed by atoms with Gasteiger partial charge in [-0.1, -0.05) is 106 Å². The summed E-state index contributed by atoms with van der Waals surface area (Å²) in [6, 6.07) is 27.9. The van der Waals surface area contributed by atoms with E-state index in [1.54, 1.807) is 23.8 Å². The van der Waals surface area contributed by atoms with Crippen molar-refractivity contribution in [2.45, 2.75) is 59.1 Å². The summed E-state index contributed by atoms with van der Waals surface area (Å²) in [7, 11) is 0. The number of halogens is 1. The maximum atomic E-state index is 13.7. The fraction of sp³-hybridized carbons (Fsp3) is 0.297. The van der Waals surface area contributed by atoms with E-state index in [1.165, 1.54) is 11.6 Å². The van der Waals surface area contributed by atoms with Crippen molar-refractivity contribution in [3.8, 4) is 0 Å². The molecule has 1 N–H and O–H groups in total. The number of nitrogens with zero attached hydrogens (tertiary/aromatic N) is 1. The maximum Gasteiger partial charge on any atom is 0.250 e. The molecule has 3 unspecified atom stereocenters. The number of allylic oxidation sites excluding steroid dienone is 2. The normalized spacial score (nSPS) is 14.7. The zero-order valence-corrected chi connectivity index (χ0v) is 25.6. The SMILES string of the molecule is CCCC=C(CC(C)C(C)C(=O)c1cccc(C(C)(O)c2ccc(Cn3ccccc3=O)cc2)c1)c1cccc(Cl)c1. The van der Waals surface area contributed by atoms with E-state index in [0.717, 1.165) is 30.4 Å². The van der Waals surface area contributed by atoms with Crippen LogP contribution in [-0.4, -0.2) is 15.5 Å². The Morgan fingerprint density at radius 2 is 1.64 bits per heavy atom. The molecular weight excluding hydrogens is 542 g/mol. The molecule has 0 saturated heterocycles. The molecule has 3 atom stereocenters. The van der Waals surface area contributed by atoms with E-state index in [1.807, 2.05) is 79.7 Å². The van der Waals surface area contributed by atoms with Crippen molar-refractivity contribution in [1.29, 1.82) is 0 Å². The van der Waals surface area contributed by atoms with Crippen LogP contribution in [-0.2, 0) is 12.1 Å². The summed E-state index contributed by atoms with van der Waals surface area (Å²) in [5, 5.41) is 12.3. The predicted molar refractivity (Wildman–Crippen MR) is 173 cm³/mol. The Labute approximate surface area is 254 Å². The highest BCUT2D eigenvalue weighted by atomic mass is 35.5. The van der Waals surface area contributed by atoms with Gasteiger partial charge in [-0.2, -0.15) is 0 Å². The second kappa shape index (κ2) is 14.0. The number of rotatable bonds is 12. The van der Waals surface area contributed by atoms with Crippen LogP contribution in [0.3, 0.4) is 0 Å². The van der Waals surface area contributed by atoms with Gasteiger partial charge in [0.15, 0.2) is 5.78 Å². The zero-order chi connectivity index (χ0) is 30.3. The molecule has 5 heteroatoms. The number of benzene rings is 3. The molecule has 0 spiro atoms. The first kappa shape index (κ1) is 31.2. The molecule has 0 aliphatic heterocycles. The first-order valence-corrected chi connectivity index (χ1v) is 15.0. The molecule has 0 radical (unpaired) electrons. The number of hydrogen-bond donors (Lipinski definition) is 1. The zero-order valence-electron chi connectivity index (χ0n) is 24.9. The summed E-state index contributed by atoms with van der Waals surface area (Å²) in [6.45, 7) is 8.47. The van der Waals surface area contributed by atoms with Crippen molar-refractivity contribution >= 4 is 23.0 Å². The van der Waals surface area contributed by atoms with Gasteiger partial charge in [0.2, 0.25) is 0 Å². The van der Waals surface area contributed by atoms with Crippen molar-refractivity contribution < 1.29 is 9.90 Å². The van der Waals surface area contributed by atoms with Crippen molar-refractivity contribution in [3.05, 3.63) is 146 Å². The van der Waals surface area contributed by atoms with Crippen molar-refractivity contribution in [3.63, 3.8) is 0 Å². The number of carbonyl (C=O) groups excluding carboxylic acids is 1. The quantitative estimate of drug-likeness (QED) is 0.171. The number of carbonyl (C=O) groups is 1. The van der Waals surface area contributed by atoms with Crippen LogP contribution in [0.4, 0.5) is 0 Å². The predicted octanol–water partition coefficient (Wildman–Crippen LogP) is 8.53. The third-order valence-corrected chi connectivity index (χ3v) is 8.40. The Hall–Kier alpha value is -3.73. The van der Waals surface area contributed by atoms with Gasteiger partial charge in [-0.25, -0.2) is 0 Å². The largest absolute Gasteiger partial charge is 0.381 e. The molecule has 1 heterocycles. The maximum absolute atomic E-state index is 13.7. The summed E-state index contributed by atoms with van der Waals surface area (Å²) < 4.78 is 1.64. The molecule has 4 rings (SSSR count). The standard InChI is InChI=1S/C37H40ClNO3/c1-5-6-11-29(30-12-10-15-34(38)24-30)22-26(2)27(3)36(41)31-13-9-14-33(23-31)37(4,42)32-19-17-28(18-20-32)25-39-21-8-7-16-35(39)40/h7-21,23-24,26-27,42H,5-6,22,25H2,1-4H3. The van der Waals surface area contributed by atoms with E-state index < -0.39 is 5.60 Å². The number of aliphatic hydroxyl groups is 1. The molecule has 0 bridgehead atoms. The van der Waals surface area contributed by atoms with Gasteiger partial charge < -0.3 is 9.67 Å². The lowest BCUT2D eigenvalue weighted by atomic mass is 9.81. The van der Waals surface area contributed by atoms with Gasteiger partial charge in [0.25, 0.3) is 5.56 Å². The first-order valence-electron chi connectivity index (χ1n) is 14.7. The fourth-order valence-electron chi connectivity index (χ4n) is 5.24. The third-order valence-electron chi connectivity index (χ3n) is 8.16. The highest BCUT2D eigenvalue weighted by Gasteiger charge is 2.28. The van der Waals surface area contributed by atoms with Crippen molar-refractivity contribution in [1.82, 2.24) is 4.57 Å². The Morgan fingerprint density at radius 3 is 2.33 bits per heavy atom. The summed E-state index contributed by atoms with van der Waals surface area (Å²) in [5.74, 6) is -0.0479. The van der Waals surface area contributed by atoms with E-state index in [-0.39, 0.29) is 23.2 Å². The second-order valence-electron chi connectivity index (χ2n) is 11.4. The van der Waals surface area contributed by atoms with Gasteiger partial charge in [-0.15, -0.1) is 0 Å². The van der Waals surface area contributed by atoms with Crippen LogP contribution >= 0.6 is 11.6 Å². The lowest BCUT2D eigenvalue weighted by Crippen LogP contribution is -2.24. The lowest BCUT2D eigenvalue weighted by molar-refractivity contribution is 0.0892. The van der Waals surface area contributed by atoms with Gasteiger partial charge in [-0.05, 0) is 77.8 Å².